The maximum absolute atomic E-state index is 12.2. The van der Waals surface area contributed by atoms with Crippen molar-refractivity contribution in [2.75, 3.05) is 13.7 Å². The SMILES string of the molecule is CCOC(=O)c1c(N=Cc2ccccc2Br)sc(C(=O)OC)c1C. The molecule has 126 valence electrons. The van der Waals surface area contributed by atoms with Crippen molar-refractivity contribution in [3.63, 3.8) is 0 Å². The highest BCUT2D eigenvalue weighted by molar-refractivity contribution is 9.10. The third-order valence-corrected chi connectivity index (χ3v) is 5.11. The fourth-order valence-electron chi connectivity index (χ4n) is 2.03. The monoisotopic (exact) mass is 409 g/mol. The summed E-state index contributed by atoms with van der Waals surface area (Å²) in [5, 5.41) is 0.419. The Kier molecular flexibility index (Phi) is 6.28. The lowest BCUT2D eigenvalue weighted by Gasteiger charge is -2.03. The van der Waals surface area contributed by atoms with Crippen molar-refractivity contribution < 1.29 is 19.1 Å². The van der Waals surface area contributed by atoms with E-state index in [1.807, 2.05) is 24.3 Å². The van der Waals surface area contributed by atoms with Gasteiger partial charge in [-0.3, -0.25) is 0 Å². The molecule has 24 heavy (non-hydrogen) atoms. The minimum absolute atomic E-state index is 0.245. The van der Waals surface area contributed by atoms with E-state index in [4.69, 9.17) is 9.47 Å². The van der Waals surface area contributed by atoms with Crippen molar-refractivity contribution in [1.29, 1.82) is 0 Å². The van der Waals surface area contributed by atoms with E-state index < -0.39 is 11.9 Å². The number of hydrogen-bond acceptors (Lipinski definition) is 6. The molecule has 2 aromatic rings. The Labute approximate surface area is 152 Å². The second-order valence-electron chi connectivity index (χ2n) is 4.73. The van der Waals surface area contributed by atoms with Gasteiger partial charge in [0.05, 0.1) is 13.7 Å². The molecule has 1 aromatic carbocycles. The number of thiophene rings is 1. The van der Waals surface area contributed by atoms with Gasteiger partial charge in [-0.2, -0.15) is 0 Å². The summed E-state index contributed by atoms with van der Waals surface area (Å²) in [6.07, 6.45) is 1.64. The molecule has 0 amide bonds. The number of carbonyl (C=O) groups excluding carboxylic acids is 2. The van der Waals surface area contributed by atoms with Crippen molar-refractivity contribution in [3.05, 3.63) is 50.3 Å². The number of carbonyl (C=O) groups is 2. The molecule has 0 bridgehead atoms. The molecular formula is C17H16BrNO4S. The van der Waals surface area contributed by atoms with Gasteiger partial charge in [0.15, 0.2) is 0 Å². The molecule has 1 aromatic heterocycles. The zero-order valence-electron chi connectivity index (χ0n) is 13.5. The Hall–Kier alpha value is -1.99. The van der Waals surface area contributed by atoms with Gasteiger partial charge in [-0.05, 0) is 25.5 Å². The average Bonchev–Trinajstić information content (AvgIpc) is 2.90. The van der Waals surface area contributed by atoms with Gasteiger partial charge in [0, 0.05) is 16.3 Å². The number of halogens is 1. The Morgan fingerprint density at radius 1 is 1.29 bits per heavy atom. The number of esters is 2. The molecule has 0 saturated carbocycles. The molecule has 0 aliphatic carbocycles. The second-order valence-corrected chi connectivity index (χ2v) is 6.58. The molecule has 0 fully saturated rings. The number of nitrogens with zero attached hydrogens (tertiary/aromatic N) is 1. The van der Waals surface area contributed by atoms with Crippen molar-refractivity contribution in [2.24, 2.45) is 4.99 Å². The topological polar surface area (TPSA) is 65.0 Å². The number of methoxy groups -OCH3 is 1. The number of benzene rings is 1. The summed E-state index contributed by atoms with van der Waals surface area (Å²) in [6.45, 7) is 3.66. The first-order valence-electron chi connectivity index (χ1n) is 7.17. The first-order chi connectivity index (χ1) is 11.5. The largest absolute Gasteiger partial charge is 0.465 e. The molecule has 0 radical (unpaired) electrons. The van der Waals surface area contributed by atoms with E-state index >= 15 is 0 Å². The Bertz CT molecular complexity index is 798. The summed E-state index contributed by atoms with van der Waals surface area (Å²) in [4.78, 5) is 28.9. The van der Waals surface area contributed by atoms with E-state index in [2.05, 4.69) is 20.9 Å². The summed E-state index contributed by atoms with van der Waals surface area (Å²) in [5.41, 5.74) is 1.67. The van der Waals surface area contributed by atoms with Crippen LogP contribution in [0.15, 0.2) is 33.7 Å². The number of aliphatic imine (C=N–C) groups is 1. The average molecular weight is 410 g/mol. The van der Waals surface area contributed by atoms with Crippen LogP contribution in [0.1, 0.15) is 38.1 Å². The summed E-state index contributed by atoms with van der Waals surface area (Å²) < 4.78 is 10.7. The van der Waals surface area contributed by atoms with Gasteiger partial charge in [-0.15, -0.1) is 11.3 Å². The third-order valence-electron chi connectivity index (χ3n) is 3.20. The minimum Gasteiger partial charge on any atom is -0.465 e. The van der Waals surface area contributed by atoms with Gasteiger partial charge in [0.1, 0.15) is 15.4 Å². The van der Waals surface area contributed by atoms with Crippen LogP contribution in [0, 0.1) is 6.92 Å². The smallest absolute Gasteiger partial charge is 0.348 e. The Morgan fingerprint density at radius 2 is 2.00 bits per heavy atom. The predicted molar refractivity (Wildman–Crippen MR) is 97.7 cm³/mol. The first-order valence-corrected chi connectivity index (χ1v) is 8.78. The minimum atomic E-state index is -0.499. The second kappa shape index (κ2) is 8.21. The lowest BCUT2D eigenvalue weighted by Crippen LogP contribution is -2.07. The molecule has 0 saturated heterocycles. The van der Waals surface area contributed by atoms with Crippen molar-refractivity contribution >= 4 is 50.4 Å². The normalized spacial score (nSPS) is 10.8. The van der Waals surface area contributed by atoms with Crippen LogP contribution in [0.25, 0.3) is 0 Å². The summed E-state index contributed by atoms with van der Waals surface area (Å²) in [7, 11) is 1.30. The van der Waals surface area contributed by atoms with Gasteiger partial charge in [-0.25, -0.2) is 14.6 Å². The standard InChI is InChI=1S/C17H16BrNO4S/c1-4-23-16(20)13-10(2)14(17(21)22-3)24-15(13)19-9-11-7-5-6-8-12(11)18/h5-9H,4H2,1-3H3. The quantitative estimate of drug-likeness (QED) is 0.537. The van der Waals surface area contributed by atoms with E-state index in [-0.39, 0.29) is 6.61 Å². The lowest BCUT2D eigenvalue weighted by molar-refractivity contribution is 0.0527. The van der Waals surface area contributed by atoms with E-state index in [0.717, 1.165) is 21.4 Å². The van der Waals surface area contributed by atoms with E-state index in [1.165, 1.54) is 7.11 Å². The molecule has 0 aliphatic rings. The fraction of sp³-hybridized carbons (Fsp3) is 0.235. The van der Waals surface area contributed by atoms with E-state index in [0.29, 0.717) is 21.0 Å². The van der Waals surface area contributed by atoms with Crippen LogP contribution in [-0.2, 0) is 9.47 Å². The van der Waals surface area contributed by atoms with Crippen molar-refractivity contribution in [2.45, 2.75) is 13.8 Å². The van der Waals surface area contributed by atoms with Crippen LogP contribution in [0.2, 0.25) is 0 Å². The molecule has 5 nitrogen and oxygen atoms in total. The molecule has 1 heterocycles. The molecular weight excluding hydrogens is 394 g/mol. The van der Waals surface area contributed by atoms with Gasteiger partial charge in [0.25, 0.3) is 0 Å². The maximum atomic E-state index is 12.2. The fourth-order valence-corrected chi connectivity index (χ4v) is 3.47. The molecule has 0 spiro atoms. The highest BCUT2D eigenvalue weighted by Crippen LogP contribution is 2.36. The summed E-state index contributed by atoms with van der Waals surface area (Å²) in [5.74, 6) is -0.994. The zero-order chi connectivity index (χ0) is 17.7. The van der Waals surface area contributed by atoms with Crippen LogP contribution in [0.5, 0.6) is 0 Å². The molecule has 7 heteroatoms. The Morgan fingerprint density at radius 3 is 2.62 bits per heavy atom. The molecule has 0 unspecified atom stereocenters. The van der Waals surface area contributed by atoms with Gasteiger partial charge in [0.2, 0.25) is 0 Å². The van der Waals surface area contributed by atoms with Crippen LogP contribution < -0.4 is 0 Å². The molecule has 0 atom stereocenters. The molecule has 2 rings (SSSR count). The van der Waals surface area contributed by atoms with Gasteiger partial charge >= 0.3 is 11.9 Å². The maximum Gasteiger partial charge on any atom is 0.348 e. The molecule has 0 N–H and O–H groups in total. The highest BCUT2D eigenvalue weighted by Gasteiger charge is 2.25. The molecule has 0 aliphatic heterocycles. The zero-order valence-corrected chi connectivity index (χ0v) is 15.9. The first kappa shape index (κ1) is 18.4. The third kappa shape index (κ3) is 3.91. The highest BCUT2D eigenvalue weighted by atomic mass is 79.9. The number of hydrogen-bond donors (Lipinski definition) is 0. The van der Waals surface area contributed by atoms with Gasteiger partial charge in [-0.1, -0.05) is 34.1 Å². The van der Waals surface area contributed by atoms with Crippen LogP contribution in [0.3, 0.4) is 0 Å². The Balaban J connectivity index is 2.49. The number of ether oxygens (including phenoxy) is 2. The van der Waals surface area contributed by atoms with Crippen molar-refractivity contribution in [1.82, 2.24) is 0 Å². The predicted octanol–water partition coefficient (Wildman–Crippen LogP) is 4.53. The van der Waals surface area contributed by atoms with Crippen molar-refractivity contribution in [3.8, 4) is 0 Å². The van der Waals surface area contributed by atoms with Crippen LogP contribution >= 0.6 is 27.3 Å². The summed E-state index contributed by atoms with van der Waals surface area (Å²) >= 11 is 4.55. The van der Waals surface area contributed by atoms with Crippen LogP contribution in [-0.4, -0.2) is 31.9 Å². The summed E-state index contributed by atoms with van der Waals surface area (Å²) in [6, 6.07) is 7.57. The van der Waals surface area contributed by atoms with Gasteiger partial charge < -0.3 is 9.47 Å². The van der Waals surface area contributed by atoms with E-state index in [1.54, 1.807) is 20.1 Å². The number of rotatable bonds is 5. The van der Waals surface area contributed by atoms with Crippen LogP contribution in [0.4, 0.5) is 5.00 Å². The lowest BCUT2D eigenvalue weighted by atomic mass is 10.1. The van der Waals surface area contributed by atoms with E-state index in [9.17, 15) is 9.59 Å².